The van der Waals surface area contributed by atoms with E-state index in [4.69, 9.17) is 4.42 Å². The number of nitrogens with zero attached hydrogens (tertiary/aromatic N) is 1. The summed E-state index contributed by atoms with van der Waals surface area (Å²) < 4.78 is 6.30. The maximum Gasteiger partial charge on any atom is 0.136 e. The molecule has 0 saturated heterocycles. The van der Waals surface area contributed by atoms with Crippen LogP contribution in [0.3, 0.4) is 0 Å². The van der Waals surface area contributed by atoms with Gasteiger partial charge in [-0.1, -0.05) is 123 Å². The first-order chi connectivity index (χ1) is 24.0. The van der Waals surface area contributed by atoms with Gasteiger partial charge in [-0.15, -0.1) is 0 Å². The predicted octanol–water partition coefficient (Wildman–Crippen LogP) is 13.3. The molecule has 0 amide bonds. The van der Waals surface area contributed by atoms with E-state index in [1.807, 2.05) is 12.1 Å². The molecule has 0 radical (unpaired) electrons. The van der Waals surface area contributed by atoms with Gasteiger partial charge in [0.2, 0.25) is 0 Å². The van der Waals surface area contributed by atoms with Gasteiger partial charge in [0.1, 0.15) is 11.2 Å². The molecule has 9 aromatic rings. The summed E-state index contributed by atoms with van der Waals surface area (Å²) in [5.74, 6) is 0. The highest BCUT2D eigenvalue weighted by Gasteiger charge is 2.35. The Bertz CT molecular complexity index is 2730. The fourth-order valence-electron chi connectivity index (χ4n) is 8.12. The third-order valence-corrected chi connectivity index (χ3v) is 10.6. The summed E-state index contributed by atoms with van der Waals surface area (Å²) in [6, 6.07) is 59.6. The van der Waals surface area contributed by atoms with Crippen LogP contribution in [0.5, 0.6) is 0 Å². The number of hydrogen-bond donors (Lipinski definition) is 0. The van der Waals surface area contributed by atoms with Crippen LogP contribution >= 0.6 is 0 Å². The van der Waals surface area contributed by atoms with Crippen molar-refractivity contribution in [3.63, 3.8) is 0 Å². The van der Waals surface area contributed by atoms with Crippen molar-refractivity contribution in [2.24, 2.45) is 0 Å². The van der Waals surface area contributed by atoms with Crippen molar-refractivity contribution in [3.8, 4) is 22.3 Å². The zero-order chi connectivity index (χ0) is 32.7. The minimum atomic E-state index is -0.0882. The van der Waals surface area contributed by atoms with E-state index in [1.165, 1.54) is 54.9 Å². The number of hydrogen-bond acceptors (Lipinski definition) is 2. The second-order valence-electron chi connectivity index (χ2n) is 13.8. The highest BCUT2D eigenvalue weighted by molar-refractivity contribution is 6.16. The van der Waals surface area contributed by atoms with Crippen molar-refractivity contribution >= 4 is 60.5 Å². The molecule has 0 N–H and O–H groups in total. The number of rotatable bonds is 4. The Kier molecular flexibility index (Phi) is 5.95. The molecule has 0 bridgehead atoms. The summed E-state index contributed by atoms with van der Waals surface area (Å²) in [6.07, 6.45) is 0. The first kappa shape index (κ1) is 27.9. The van der Waals surface area contributed by atoms with E-state index in [0.717, 1.165) is 39.0 Å². The van der Waals surface area contributed by atoms with Gasteiger partial charge in [-0.3, -0.25) is 0 Å². The Balaban J connectivity index is 1.14. The third-order valence-electron chi connectivity index (χ3n) is 10.6. The van der Waals surface area contributed by atoms with Crippen LogP contribution in [-0.2, 0) is 5.41 Å². The van der Waals surface area contributed by atoms with E-state index in [1.54, 1.807) is 0 Å². The molecule has 0 fully saturated rings. The summed E-state index contributed by atoms with van der Waals surface area (Å²) in [4.78, 5) is 2.40. The number of fused-ring (bicyclic) bond motifs is 9. The average molecular weight is 628 g/mol. The lowest BCUT2D eigenvalue weighted by Crippen LogP contribution is -2.16. The van der Waals surface area contributed by atoms with Crippen LogP contribution in [-0.4, -0.2) is 0 Å². The average Bonchev–Trinajstić information content (AvgIpc) is 3.62. The van der Waals surface area contributed by atoms with Crippen LogP contribution in [0.4, 0.5) is 17.1 Å². The number of para-hydroxylation sites is 1. The summed E-state index contributed by atoms with van der Waals surface area (Å²) in [5.41, 5.74) is 13.0. The van der Waals surface area contributed by atoms with Crippen molar-refractivity contribution in [2.45, 2.75) is 19.3 Å². The molecule has 8 aromatic carbocycles. The Hall–Kier alpha value is -6.12. The Morgan fingerprint density at radius 2 is 1.06 bits per heavy atom. The van der Waals surface area contributed by atoms with Gasteiger partial charge in [-0.2, -0.15) is 0 Å². The first-order valence-electron chi connectivity index (χ1n) is 17.0. The molecule has 10 rings (SSSR count). The standard InChI is InChI=1S/C47H33NO/c1-47(2)43-14-8-6-12-38(43)39-25-23-36(28-44(39)47)48(34-20-18-31(19-21-34)30-10-4-3-5-11-30)35-22-24-37-32(26-35)16-17-33-27-42-40-13-7-9-15-45(40)49-46(42)29-41(33)37/h3-29H,1-2H3. The summed E-state index contributed by atoms with van der Waals surface area (Å²) >= 11 is 0. The quantitative estimate of drug-likeness (QED) is 0.181. The monoisotopic (exact) mass is 627 g/mol. The second kappa shape index (κ2) is 10.4. The maximum absolute atomic E-state index is 6.30. The van der Waals surface area contributed by atoms with Gasteiger partial charge in [0.15, 0.2) is 0 Å². The van der Waals surface area contributed by atoms with Gasteiger partial charge in [0.05, 0.1) is 0 Å². The molecular weight excluding hydrogens is 595 g/mol. The lowest BCUT2D eigenvalue weighted by atomic mass is 9.82. The zero-order valence-electron chi connectivity index (χ0n) is 27.4. The molecule has 232 valence electrons. The molecule has 0 saturated carbocycles. The van der Waals surface area contributed by atoms with Crippen LogP contribution in [0, 0.1) is 0 Å². The van der Waals surface area contributed by atoms with Gasteiger partial charge >= 0.3 is 0 Å². The van der Waals surface area contributed by atoms with Crippen LogP contribution in [0.1, 0.15) is 25.0 Å². The SMILES string of the molecule is CC1(C)c2ccccc2-c2ccc(N(c3ccc(-c4ccccc4)cc3)c3ccc4c(ccc5cc6c(cc54)oc4ccccc46)c3)cc21. The van der Waals surface area contributed by atoms with Crippen LogP contribution in [0.25, 0.3) is 65.7 Å². The minimum Gasteiger partial charge on any atom is -0.456 e. The van der Waals surface area contributed by atoms with Gasteiger partial charge < -0.3 is 9.32 Å². The van der Waals surface area contributed by atoms with Crippen molar-refractivity contribution in [2.75, 3.05) is 4.90 Å². The van der Waals surface area contributed by atoms with Gasteiger partial charge in [-0.25, -0.2) is 0 Å². The lowest BCUT2D eigenvalue weighted by Gasteiger charge is -2.28. The van der Waals surface area contributed by atoms with Crippen LogP contribution in [0.15, 0.2) is 168 Å². The van der Waals surface area contributed by atoms with Crippen LogP contribution < -0.4 is 4.90 Å². The van der Waals surface area contributed by atoms with E-state index in [-0.39, 0.29) is 5.41 Å². The number of furan rings is 1. The molecule has 2 heteroatoms. The summed E-state index contributed by atoms with van der Waals surface area (Å²) in [5, 5.41) is 7.14. The zero-order valence-corrected chi connectivity index (χ0v) is 27.4. The first-order valence-corrected chi connectivity index (χ1v) is 17.0. The minimum absolute atomic E-state index is 0.0882. The molecule has 0 atom stereocenters. The largest absolute Gasteiger partial charge is 0.456 e. The highest BCUT2D eigenvalue weighted by atomic mass is 16.3. The molecule has 1 heterocycles. The highest BCUT2D eigenvalue weighted by Crippen LogP contribution is 2.51. The number of anilines is 3. The van der Waals surface area contributed by atoms with Gasteiger partial charge in [0, 0.05) is 33.2 Å². The molecule has 1 aromatic heterocycles. The Labute approximate surface area is 285 Å². The van der Waals surface area contributed by atoms with E-state index < -0.39 is 0 Å². The Morgan fingerprint density at radius 3 is 1.92 bits per heavy atom. The normalized spacial score (nSPS) is 13.3. The lowest BCUT2D eigenvalue weighted by molar-refractivity contribution is 0.660. The van der Waals surface area contributed by atoms with E-state index in [0.29, 0.717) is 0 Å². The van der Waals surface area contributed by atoms with Crippen molar-refractivity contribution in [1.82, 2.24) is 0 Å². The molecule has 49 heavy (non-hydrogen) atoms. The number of benzene rings is 8. The smallest absolute Gasteiger partial charge is 0.136 e. The van der Waals surface area contributed by atoms with Gasteiger partial charge in [0.25, 0.3) is 0 Å². The van der Waals surface area contributed by atoms with E-state index >= 15 is 0 Å². The third kappa shape index (κ3) is 4.27. The van der Waals surface area contributed by atoms with Crippen molar-refractivity contribution in [1.29, 1.82) is 0 Å². The van der Waals surface area contributed by atoms with Crippen molar-refractivity contribution < 1.29 is 4.42 Å². The topological polar surface area (TPSA) is 16.4 Å². The summed E-state index contributed by atoms with van der Waals surface area (Å²) in [6.45, 7) is 4.70. The fourth-order valence-corrected chi connectivity index (χ4v) is 8.12. The van der Waals surface area contributed by atoms with E-state index in [2.05, 4.69) is 170 Å². The molecule has 0 aliphatic heterocycles. The molecule has 0 spiro atoms. The van der Waals surface area contributed by atoms with Crippen molar-refractivity contribution in [3.05, 3.63) is 175 Å². The molecule has 2 nitrogen and oxygen atoms in total. The Morgan fingerprint density at radius 1 is 0.408 bits per heavy atom. The molecule has 1 aliphatic rings. The second-order valence-corrected chi connectivity index (χ2v) is 13.8. The van der Waals surface area contributed by atoms with Crippen LogP contribution in [0.2, 0.25) is 0 Å². The molecule has 0 unspecified atom stereocenters. The predicted molar refractivity (Wildman–Crippen MR) is 206 cm³/mol. The van der Waals surface area contributed by atoms with Gasteiger partial charge in [-0.05, 0) is 110 Å². The molecular formula is C47H33NO. The summed E-state index contributed by atoms with van der Waals surface area (Å²) in [7, 11) is 0. The van der Waals surface area contributed by atoms with E-state index in [9.17, 15) is 0 Å². The molecule has 1 aliphatic carbocycles. The fraction of sp³-hybridized carbons (Fsp3) is 0.0638. The maximum atomic E-state index is 6.30.